The molecular weight excluding hydrogens is 290 g/mol. The maximum atomic E-state index is 10.7. The van der Waals surface area contributed by atoms with Crippen molar-refractivity contribution >= 4 is 27.4 Å². The lowest BCUT2D eigenvalue weighted by atomic mass is 10.3. The van der Waals surface area contributed by atoms with E-state index >= 15 is 0 Å². The number of nitrogens with zero attached hydrogens (tertiary/aromatic N) is 4. The van der Waals surface area contributed by atoms with E-state index in [4.69, 9.17) is 5.73 Å². The number of nitro benzene ring substituents is 1. The molecule has 2 aromatic rings. The van der Waals surface area contributed by atoms with E-state index < -0.39 is 4.92 Å². The van der Waals surface area contributed by atoms with Gasteiger partial charge in [0.15, 0.2) is 5.82 Å². The lowest BCUT2D eigenvalue weighted by Gasteiger charge is -2.05. The second kappa shape index (κ2) is 4.13. The van der Waals surface area contributed by atoms with Crippen LogP contribution in [0.3, 0.4) is 0 Å². The summed E-state index contributed by atoms with van der Waals surface area (Å²) in [4.78, 5) is 10.2. The third-order valence-electron chi connectivity index (χ3n) is 2.30. The Hall–Kier alpha value is -1.96. The minimum Gasteiger partial charge on any atom is -0.381 e. The standard InChI is InChI=1S/C9H8BrN5O2/c1-5-9(11)12-13-14(5)8-4-6(15(16)17)2-3-7(8)10/h2-4H,11H2,1H3. The van der Waals surface area contributed by atoms with Crippen molar-refractivity contribution in [2.45, 2.75) is 6.92 Å². The van der Waals surface area contributed by atoms with Gasteiger partial charge < -0.3 is 5.73 Å². The number of nitro groups is 1. The maximum absolute atomic E-state index is 10.7. The molecule has 0 fully saturated rings. The molecule has 88 valence electrons. The molecule has 1 aromatic carbocycles. The minimum atomic E-state index is -0.467. The fourth-order valence-electron chi connectivity index (χ4n) is 1.35. The molecule has 0 unspecified atom stereocenters. The van der Waals surface area contributed by atoms with Crippen molar-refractivity contribution < 1.29 is 4.92 Å². The fraction of sp³-hybridized carbons (Fsp3) is 0.111. The average Bonchev–Trinajstić information content (AvgIpc) is 2.60. The molecule has 0 spiro atoms. The smallest absolute Gasteiger partial charge is 0.271 e. The van der Waals surface area contributed by atoms with Crippen LogP contribution in [-0.2, 0) is 0 Å². The first-order chi connectivity index (χ1) is 8.00. The van der Waals surface area contributed by atoms with Crippen LogP contribution in [0.4, 0.5) is 11.5 Å². The Morgan fingerprint density at radius 1 is 1.53 bits per heavy atom. The number of aromatic nitrogens is 3. The summed E-state index contributed by atoms with van der Waals surface area (Å²) in [5, 5.41) is 18.3. The van der Waals surface area contributed by atoms with Crippen molar-refractivity contribution in [3.8, 4) is 5.69 Å². The fourth-order valence-corrected chi connectivity index (χ4v) is 1.76. The number of nitrogen functional groups attached to an aromatic ring is 1. The van der Waals surface area contributed by atoms with Crippen LogP contribution in [0.5, 0.6) is 0 Å². The Bertz CT molecular complexity index is 595. The van der Waals surface area contributed by atoms with Gasteiger partial charge in [0.1, 0.15) is 0 Å². The quantitative estimate of drug-likeness (QED) is 0.673. The molecule has 0 aliphatic heterocycles. The molecule has 0 amide bonds. The number of nitrogens with two attached hydrogens (primary N) is 1. The van der Waals surface area contributed by atoms with Crippen LogP contribution in [0.1, 0.15) is 5.69 Å². The molecule has 8 heteroatoms. The zero-order valence-electron chi connectivity index (χ0n) is 8.79. The van der Waals surface area contributed by atoms with Crippen LogP contribution in [-0.4, -0.2) is 19.9 Å². The highest BCUT2D eigenvalue weighted by Gasteiger charge is 2.14. The van der Waals surface area contributed by atoms with Gasteiger partial charge in [-0.1, -0.05) is 5.21 Å². The van der Waals surface area contributed by atoms with Gasteiger partial charge in [0.2, 0.25) is 0 Å². The number of benzene rings is 1. The summed E-state index contributed by atoms with van der Waals surface area (Å²) in [5.41, 5.74) is 6.72. The van der Waals surface area contributed by atoms with Gasteiger partial charge >= 0.3 is 0 Å². The summed E-state index contributed by atoms with van der Waals surface area (Å²) in [5.74, 6) is 0.295. The summed E-state index contributed by atoms with van der Waals surface area (Å²) >= 11 is 3.31. The highest BCUT2D eigenvalue weighted by atomic mass is 79.9. The van der Waals surface area contributed by atoms with Crippen molar-refractivity contribution in [2.75, 3.05) is 5.73 Å². The zero-order chi connectivity index (χ0) is 12.6. The number of non-ortho nitro benzene ring substituents is 1. The molecule has 7 nitrogen and oxygen atoms in total. The predicted octanol–water partition coefficient (Wildman–Crippen LogP) is 1.83. The van der Waals surface area contributed by atoms with Crippen molar-refractivity contribution in [1.82, 2.24) is 15.0 Å². The van der Waals surface area contributed by atoms with Gasteiger partial charge in [-0.25, -0.2) is 4.68 Å². The summed E-state index contributed by atoms with van der Waals surface area (Å²) in [6.07, 6.45) is 0. The monoisotopic (exact) mass is 297 g/mol. The Balaban J connectivity index is 2.62. The lowest BCUT2D eigenvalue weighted by Crippen LogP contribution is -2.02. The maximum Gasteiger partial charge on any atom is 0.271 e. The van der Waals surface area contributed by atoms with E-state index in [1.54, 1.807) is 13.0 Å². The molecule has 0 radical (unpaired) electrons. The van der Waals surface area contributed by atoms with Gasteiger partial charge in [0.25, 0.3) is 5.69 Å². The minimum absolute atomic E-state index is 0.0170. The van der Waals surface area contributed by atoms with Crippen molar-refractivity contribution in [1.29, 1.82) is 0 Å². The number of anilines is 1. The number of rotatable bonds is 2. The Labute approximate surface area is 105 Å². The van der Waals surface area contributed by atoms with Crippen LogP contribution >= 0.6 is 15.9 Å². The Morgan fingerprint density at radius 3 is 2.76 bits per heavy atom. The van der Waals surface area contributed by atoms with E-state index in [1.807, 2.05) is 0 Å². The van der Waals surface area contributed by atoms with Crippen molar-refractivity contribution in [2.24, 2.45) is 0 Å². The van der Waals surface area contributed by atoms with Crippen LogP contribution in [0, 0.1) is 17.0 Å². The van der Waals surface area contributed by atoms with Crippen LogP contribution in [0.25, 0.3) is 5.69 Å². The topological polar surface area (TPSA) is 99.9 Å². The molecule has 0 bridgehead atoms. The predicted molar refractivity (Wildman–Crippen MR) is 64.9 cm³/mol. The largest absolute Gasteiger partial charge is 0.381 e. The average molecular weight is 298 g/mol. The molecular formula is C9H8BrN5O2. The summed E-state index contributed by atoms with van der Waals surface area (Å²) in [6, 6.07) is 4.40. The molecule has 0 aliphatic carbocycles. The summed E-state index contributed by atoms with van der Waals surface area (Å²) in [7, 11) is 0. The molecule has 1 heterocycles. The summed E-state index contributed by atoms with van der Waals surface area (Å²) < 4.78 is 2.13. The molecule has 1 aromatic heterocycles. The van der Waals surface area contributed by atoms with Crippen molar-refractivity contribution in [3.63, 3.8) is 0 Å². The molecule has 0 saturated carbocycles. The molecule has 2 N–H and O–H groups in total. The molecule has 0 atom stereocenters. The van der Waals surface area contributed by atoms with E-state index in [0.717, 1.165) is 0 Å². The third kappa shape index (κ3) is 1.98. The third-order valence-corrected chi connectivity index (χ3v) is 2.97. The highest BCUT2D eigenvalue weighted by molar-refractivity contribution is 9.10. The van der Waals surface area contributed by atoms with E-state index in [0.29, 0.717) is 21.7 Å². The molecule has 0 aliphatic rings. The van der Waals surface area contributed by atoms with E-state index in [9.17, 15) is 10.1 Å². The van der Waals surface area contributed by atoms with Gasteiger partial charge in [-0.05, 0) is 28.9 Å². The molecule has 17 heavy (non-hydrogen) atoms. The lowest BCUT2D eigenvalue weighted by molar-refractivity contribution is -0.384. The Morgan fingerprint density at radius 2 is 2.24 bits per heavy atom. The number of halogens is 1. The van der Waals surface area contributed by atoms with Gasteiger partial charge in [-0.15, -0.1) is 5.10 Å². The first kappa shape index (κ1) is 11.5. The zero-order valence-corrected chi connectivity index (χ0v) is 10.4. The second-order valence-corrected chi connectivity index (χ2v) is 4.22. The SMILES string of the molecule is Cc1c(N)nnn1-c1cc([N+](=O)[O-])ccc1Br. The first-order valence-corrected chi connectivity index (χ1v) is 5.42. The summed E-state index contributed by atoms with van der Waals surface area (Å²) in [6.45, 7) is 1.74. The first-order valence-electron chi connectivity index (χ1n) is 4.63. The van der Waals surface area contributed by atoms with E-state index in [2.05, 4.69) is 26.2 Å². The van der Waals surface area contributed by atoms with Crippen LogP contribution < -0.4 is 5.73 Å². The van der Waals surface area contributed by atoms with Gasteiger partial charge in [-0.2, -0.15) is 0 Å². The van der Waals surface area contributed by atoms with Gasteiger partial charge in [0.05, 0.1) is 16.3 Å². The number of hydrogen-bond acceptors (Lipinski definition) is 5. The van der Waals surface area contributed by atoms with E-state index in [1.165, 1.54) is 16.8 Å². The normalized spacial score (nSPS) is 10.5. The van der Waals surface area contributed by atoms with Gasteiger partial charge in [-0.3, -0.25) is 10.1 Å². The van der Waals surface area contributed by atoms with Crippen molar-refractivity contribution in [3.05, 3.63) is 38.5 Å². The highest BCUT2D eigenvalue weighted by Crippen LogP contribution is 2.26. The Kier molecular flexibility index (Phi) is 2.80. The molecule has 0 saturated heterocycles. The van der Waals surface area contributed by atoms with Crippen LogP contribution in [0.15, 0.2) is 22.7 Å². The number of hydrogen-bond donors (Lipinski definition) is 1. The second-order valence-electron chi connectivity index (χ2n) is 3.36. The molecule has 2 rings (SSSR count). The van der Waals surface area contributed by atoms with Gasteiger partial charge in [0, 0.05) is 16.6 Å². The van der Waals surface area contributed by atoms with E-state index in [-0.39, 0.29) is 5.69 Å². The van der Waals surface area contributed by atoms with Crippen LogP contribution in [0.2, 0.25) is 0 Å².